The summed E-state index contributed by atoms with van der Waals surface area (Å²) in [4.78, 5) is 17.3. The lowest BCUT2D eigenvalue weighted by Gasteiger charge is -2.29. The molecule has 0 aromatic heterocycles. The minimum atomic E-state index is -0.783. The lowest BCUT2D eigenvalue weighted by atomic mass is 10.0. The number of likely N-dealkylation sites (tertiary alicyclic amines) is 2. The quantitative estimate of drug-likeness (QED) is 0.0960. The van der Waals surface area contributed by atoms with Crippen molar-refractivity contribution in [3.05, 3.63) is 47.5 Å². The maximum absolute atomic E-state index is 12.6. The second kappa shape index (κ2) is 26.4. The van der Waals surface area contributed by atoms with E-state index in [9.17, 15) is 15.0 Å². The van der Waals surface area contributed by atoms with E-state index < -0.39 is 12.2 Å². The van der Waals surface area contributed by atoms with Crippen LogP contribution in [0.25, 0.3) is 0 Å². The van der Waals surface area contributed by atoms with Gasteiger partial charge in [0.25, 0.3) is 0 Å². The molecule has 0 radical (unpaired) electrons. The zero-order chi connectivity index (χ0) is 38.5. The van der Waals surface area contributed by atoms with Crippen molar-refractivity contribution in [2.45, 2.75) is 116 Å². The fourth-order valence-corrected chi connectivity index (χ4v) is 7.32. The van der Waals surface area contributed by atoms with Crippen molar-refractivity contribution < 1.29 is 34.0 Å². The molecule has 2 aromatic carbocycles. The van der Waals surface area contributed by atoms with Crippen molar-refractivity contribution in [1.29, 1.82) is 0 Å². The molecule has 11 nitrogen and oxygen atoms in total. The summed E-state index contributed by atoms with van der Waals surface area (Å²) in [5.41, 5.74) is 7.69. The Morgan fingerprint density at radius 1 is 0.709 bits per heavy atom. The van der Waals surface area contributed by atoms with E-state index >= 15 is 0 Å². The minimum Gasteiger partial charge on any atom is -0.486 e. The normalized spacial score (nSPS) is 18.4. The van der Waals surface area contributed by atoms with E-state index in [4.69, 9.17) is 47.9 Å². The Balaban J connectivity index is 0.000000291. The summed E-state index contributed by atoms with van der Waals surface area (Å²) in [6, 6.07) is 10.5. The number of hydrogen-bond donors (Lipinski definition) is 4. The number of alkyl halides is 2. The predicted molar refractivity (Wildman–Crippen MR) is 222 cm³/mol. The summed E-state index contributed by atoms with van der Waals surface area (Å²) in [5.74, 6) is 2.84. The van der Waals surface area contributed by atoms with Gasteiger partial charge in [-0.25, -0.2) is 0 Å². The molecule has 4 aliphatic heterocycles. The van der Waals surface area contributed by atoms with Crippen molar-refractivity contribution in [2.24, 2.45) is 5.73 Å². The van der Waals surface area contributed by atoms with Crippen LogP contribution in [0.1, 0.15) is 115 Å². The predicted octanol–water partition coefficient (Wildman–Crippen LogP) is 7.18. The summed E-state index contributed by atoms with van der Waals surface area (Å²) < 4.78 is 22.3. The van der Waals surface area contributed by atoms with Gasteiger partial charge in [0.05, 0.1) is 17.5 Å². The molecule has 2 fully saturated rings. The number of carbonyl (C=O) groups is 1. The van der Waals surface area contributed by atoms with Gasteiger partial charge in [0, 0.05) is 25.6 Å². The van der Waals surface area contributed by atoms with Gasteiger partial charge < -0.3 is 50.0 Å². The number of fused-ring (bicyclic) bond motifs is 2. The van der Waals surface area contributed by atoms with E-state index in [1.807, 2.05) is 36.4 Å². The fourth-order valence-electron chi connectivity index (χ4n) is 7.32. The Hall–Kier alpha value is -2.51. The first-order valence-electron chi connectivity index (χ1n) is 20.1. The molecule has 0 aliphatic carbocycles. The Morgan fingerprint density at radius 2 is 1.15 bits per heavy atom. The molecule has 55 heavy (non-hydrogen) atoms. The molecule has 0 spiro atoms. The van der Waals surface area contributed by atoms with Gasteiger partial charge in [-0.3, -0.25) is 4.79 Å². The fraction of sp³-hybridized carbons (Fsp3) is 0.690. The molecular formula is C42H68Cl2N4O7. The van der Waals surface area contributed by atoms with Crippen molar-refractivity contribution in [1.82, 2.24) is 15.1 Å². The molecule has 0 unspecified atom stereocenters. The monoisotopic (exact) mass is 810 g/mol. The van der Waals surface area contributed by atoms with Crippen LogP contribution in [0, 0.1) is 0 Å². The molecular weight excluding hydrogens is 743 g/mol. The van der Waals surface area contributed by atoms with Crippen LogP contribution in [0.2, 0.25) is 0 Å². The Kier molecular flexibility index (Phi) is 22.5. The summed E-state index contributed by atoms with van der Waals surface area (Å²) in [7, 11) is 0. The standard InChI is InChI=1S/C25H40N2O4.C15H22N2O3.CH2Cl2.CH4/c1-2-3-4-5-6-7-8-11-24(28)26-21(19-27-14-9-10-15-27)25(29)20-12-13-22-23(18-20)31-17-16-30-22;16-12(10-17-5-1-2-6-17)15(18)11-3-4-13-14(9-11)20-8-7-19-13;2-1-3;/h12-13,18,21,25,29H,2-11,14-17,19H2,1H3,(H,26,28);3-4,9,12,15,18H,1-2,5-8,10,16H2;1H2;1H4/t21-,25-;12-,15-;;/m11../s1. The molecule has 5 N–H and O–H groups in total. The van der Waals surface area contributed by atoms with Crippen molar-refractivity contribution >= 4 is 29.1 Å². The third-order valence-electron chi connectivity index (χ3n) is 10.3. The number of ether oxygens (including phenoxy) is 4. The zero-order valence-electron chi connectivity index (χ0n) is 32.2. The summed E-state index contributed by atoms with van der Waals surface area (Å²) in [6.07, 6.45) is 12.2. The first kappa shape index (κ1) is 46.9. The van der Waals surface area contributed by atoms with Crippen LogP contribution in [-0.2, 0) is 4.79 Å². The summed E-state index contributed by atoms with van der Waals surface area (Å²) >= 11 is 9.53. The molecule has 0 bridgehead atoms. The van der Waals surface area contributed by atoms with E-state index in [1.54, 1.807) is 0 Å². The molecule has 6 rings (SSSR count). The Morgan fingerprint density at radius 3 is 1.65 bits per heavy atom. The number of aliphatic hydroxyl groups excluding tert-OH is 2. The van der Waals surface area contributed by atoms with Crippen molar-refractivity contribution in [2.75, 3.05) is 71.0 Å². The second-order valence-electron chi connectivity index (χ2n) is 14.5. The van der Waals surface area contributed by atoms with E-state index in [0.29, 0.717) is 56.6 Å². The lowest BCUT2D eigenvalue weighted by molar-refractivity contribution is -0.123. The van der Waals surface area contributed by atoms with E-state index in [-0.39, 0.29) is 30.8 Å². The highest BCUT2D eigenvalue weighted by atomic mass is 35.5. The third kappa shape index (κ3) is 16.1. The van der Waals surface area contributed by atoms with Gasteiger partial charge in [0.1, 0.15) is 32.5 Å². The van der Waals surface area contributed by atoms with Crippen molar-refractivity contribution in [3.63, 3.8) is 0 Å². The van der Waals surface area contributed by atoms with Gasteiger partial charge >= 0.3 is 0 Å². The molecule has 312 valence electrons. The maximum Gasteiger partial charge on any atom is 0.220 e. The van der Waals surface area contributed by atoms with Gasteiger partial charge in [-0.1, -0.05) is 65.0 Å². The van der Waals surface area contributed by atoms with Gasteiger partial charge in [0.15, 0.2) is 23.0 Å². The van der Waals surface area contributed by atoms with Crippen LogP contribution in [0.3, 0.4) is 0 Å². The van der Waals surface area contributed by atoms with Crippen LogP contribution in [0.5, 0.6) is 23.0 Å². The van der Waals surface area contributed by atoms with E-state index in [2.05, 4.69) is 22.0 Å². The number of amides is 1. The number of nitrogens with one attached hydrogen (secondary N) is 1. The highest BCUT2D eigenvalue weighted by Crippen LogP contribution is 2.35. The molecule has 2 saturated heterocycles. The largest absolute Gasteiger partial charge is 0.486 e. The minimum absolute atomic E-state index is 0. The van der Waals surface area contributed by atoms with E-state index in [0.717, 1.165) is 62.4 Å². The molecule has 13 heteroatoms. The highest BCUT2D eigenvalue weighted by Gasteiger charge is 2.28. The molecule has 4 heterocycles. The van der Waals surface area contributed by atoms with Crippen LogP contribution in [0.15, 0.2) is 36.4 Å². The van der Waals surface area contributed by atoms with E-state index in [1.165, 1.54) is 57.8 Å². The number of nitrogens with two attached hydrogens (primary N) is 1. The zero-order valence-corrected chi connectivity index (χ0v) is 33.7. The SMILES string of the molecule is C.CCCCCCCCCC(=O)N[C@H](CN1CCCC1)[C@H](O)c1ccc2c(c1)OCCO2.ClCCl.N[C@H](CN1CCCC1)[C@H](O)c1ccc2c(c1)OCCO2. The lowest BCUT2D eigenvalue weighted by Crippen LogP contribution is -2.46. The topological polar surface area (TPSA) is 139 Å². The average molecular weight is 812 g/mol. The summed E-state index contributed by atoms with van der Waals surface area (Å²) in [6.45, 7) is 10.0. The van der Waals surface area contributed by atoms with Crippen LogP contribution in [0.4, 0.5) is 0 Å². The van der Waals surface area contributed by atoms with Gasteiger partial charge in [-0.2, -0.15) is 0 Å². The number of unbranched alkanes of at least 4 members (excludes halogenated alkanes) is 6. The van der Waals surface area contributed by atoms with Gasteiger partial charge in [-0.05, 0) is 93.7 Å². The Labute approximate surface area is 340 Å². The van der Waals surface area contributed by atoms with Gasteiger partial charge in [0.2, 0.25) is 5.91 Å². The van der Waals surface area contributed by atoms with Gasteiger partial charge in [-0.15, -0.1) is 23.2 Å². The number of carbonyl (C=O) groups excluding carboxylic acids is 1. The first-order chi connectivity index (χ1) is 26.3. The second-order valence-corrected chi connectivity index (χ2v) is 15.3. The number of nitrogens with zero attached hydrogens (tertiary/aromatic N) is 2. The molecule has 1 amide bonds. The number of halogens is 2. The highest BCUT2D eigenvalue weighted by molar-refractivity contribution is 6.40. The maximum atomic E-state index is 12.6. The number of rotatable bonds is 17. The molecule has 4 aliphatic rings. The third-order valence-corrected chi connectivity index (χ3v) is 10.3. The Bertz CT molecular complexity index is 1360. The van der Waals surface area contributed by atoms with Crippen molar-refractivity contribution in [3.8, 4) is 23.0 Å². The first-order valence-corrected chi connectivity index (χ1v) is 21.2. The number of hydrogen-bond acceptors (Lipinski definition) is 10. The average Bonchev–Trinajstić information content (AvgIpc) is 3.92. The molecule has 0 saturated carbocycles. The number of aliphatic hydroxyl groups is 2. The van der Waals surface area contributed by atoms with Crippen LogP contribution < -0.4 is 30.0 Å². The summed E-state index contributed by atoms with van der Waals surface area (Å²) in [5, 5.41) is 24.9. The smallest absolute Gasteiger partial charge is 0.220 e. The molecule has 2 aromatic rings. The van der Waals surface area contributed by atoms with Crippen LogP contribution in [-0.4, -0.2) is 109 Å². The van der Waals surface area contributed by atoms with Crippen LogP contribution >= 0.6 is 23.2 Å². The number of benzene rings is 2. The molecule has 4 atom stereocenters.